The molecule has 0 heterocycles. The van der Waals surface area contributed by atoms with Gasteiger partial charge in [0.1, 0.15) is 5.82 Å². The molecule has 2 rings (SSSR count). The first kappa shape index (κ1) is 14.0. The van der Waals surface area contributed by atoms with Gasteiger partial charge in [0.05, 0.1) is 11.3 Å². The zero-order valence-corrected chi connectivity index (χ0v) is 9.58. The highest BCUT2D eigenvalue weighted by atomic mass is 19.2. The minimum atomic E-state index is -2.32. The Hall–Kier alpha value is -2.38. The molecule has 0 bridgehead atoms. The monoisotopic (exact) mass is 292 g/mol. The zero-order chi connectivity index (χ0) is 15.2. The minimum absolute atomic E-state index is 0.424. The van der Waals surface area contributed by atoms with Gasteiger partial charge in [0.25, 0.3) is 0 Å². The van der Waals surface area contributed by atoms with Crippen molar-refractivity contribution in [2.45, 2.75) is 0 Å². The van der Waals surface area contributed by atoms with Crippen LogP contribution in [0.5, 0.6) is 0 Å². The topological polar surface area (TPSA) is 52.0 Å². The summed E-state index contributed by atoms with van der Waals surface area (Å²) >= 11 is 0. The molecule has 8 heteroatoms. The van der Waals surface area contributed by atoms with Gasteiger partial charge in [-0.05, 0) is 12.1 Å². The smallest absolute Gasteiger partial charge is 0.200 e. The number of hydrogen-bond donors (Lipinski definition) is 2. The molecular formula is C12H6F6N2. The molecule has 106 valence electrons. The van der Waals surface area contributed by atoms with Gasteiger partial charge in [-0.15, -0.1) is 0 Å². The summed E-state index contributed by atoms with van der Waals surface area (Å²) in [6.07, 6.45) is 0. The molecule has 0 radical (unpaired) electrons. The first-order chi connectivity index (χ1) is 9.27. The number of halogens is 6. The maximum absolute atomic E-state index is 13.6. The van der Waals surface area contributed by atoms with Gasteiger partial charge in [-0.2, -0.15) is 0 Å². The Morgan fingerprint density at radius 3 is 1.55 bits per heavy atom. The Balaban J connectivity index is 2.95. The van der Waals surface area contributed by atoms with E-state index in [1.165, 1.54) is 0 Å². The van der Waals surface area contributed by atoms with Gasteiger partial charge in [-0.1, -0.05) is 0 Å². The standard InChI is InChI=1S/C12H6F6N2/c13-3-1-2-4(19)5(12(3)20)6-7(14)9(16)11(18)10(17)8(6)15/h1-2H,19-20H2. The van der Waals surface area contributed by atoms with Gasteiger partial charge in [0.2, 0.25) is 5.82 Å². The second-order valence-electron chi connectivity index (χ2n) is 3.87. The lowest BCUT2D eigenvalue weighted by atomic mass is 9.99. The predicted octanol–water partition coefficient (Wildman–Crippen LogP) is 3.35. The normalized spacial score (nSPS) is 10.9. The maximum atomic E-state index is 13.6. The molecule has 2 nitrogen and oxygen atoms in total. The molecule has 0 atom stereocenters. The zero-order valence-electron chi connectivity index (χ0n) is 9.58. The van der Waals surface area contributed by atoms with E-state index in [-0.39, 0.29) is 0 Å². The third-order valence-electron chi connectivity index (χ3n) is 2.68. The third kappa shape index (κ3) is 1.84. The number of rotatable bonds is 1. The van der Waals surface area contributed by atoms with Gasteiger partial charge in [0.15, 0.2) is 23.3 Å². The minimum Gasteiger partial charge on any atom is -0.398 e. The van der Waals surface area contributed by atoms with Crippen LogP contribution in [0.4, 0.5) is 37.7 Å². The number of nitrogen functional groups attached to an aromatic ring is 2. The summed E-state index contributed by atoms with van der Waals surface area (Å²) in [5, 5.41) is 0. The van der Waals surface area contributed by atoms with Gasteiger partial charge in [-0.25, -0.2) is 26.3 Å². The molecule has 0 spiro atoms. The average Bonchev–Trinajstić information content (AvgIpc) is 2.42. The lowest BCUT2D eigenvalue weighted by Gasteiger charge is -2.13. The summed E-state index contributed by atoms with van der Waals surface area (Å²) in [6.45, 7) is 0. The first-order valence-electron chi connectivity index (χ1n) is 5.12. The van der Waals surface area contributed by atoms with Gasteiger partial charge >= 0.3 is 0 Å². The molecule has 20 heavy (non-hydrogen) atoms. The van der Waals surface area contributed by atoms with Crippen molar-refractivity contribution >= 4 is 11.4 Å². The molecule has 0 fully saturated rings. The Bertz CT molecular complexity index is 685. The van der Waals surface area contributed by atoms with Crippen LogP contribution in [0.15, 0.2) is 12.1 Å². The summed E-state index contributed by atoms with van der Waals surface area (Å²) in [6, 6.07) is 1.71. The average molecular weight is 292 g/mol. The highest BCUT2D eigenvalue weighted by Crippen LogP contribution is 2.39. The van der Waals surface area contributed by atoms with Crippen LogP contribution in [0.3, 0.4) is 0 Å². The highest BCUT2D eigenvalue weighted by molar-refractivity contribution is 5.87. The van der Waals surface area contributed by atoms with E-state index in [9.17, 15) is 26.3 Å². The first-order valence-corrected chi connectivity index (χ1v) is 5.12. The fourth-order valence-electron chi connectivity index (χ4n) is 1.71. The van der Waals surface area contributed by atoms with Crippen LogP contribution in [0.1, 0.15) is 0 Å². The Morgan fingerprint density at radius 1 is 0.600 bits per heavy atom. The number of hydrogen-bond acceptors (Lipinski definition) is 2. The van der Waals surface area contributed by atoms with Crippen molar-refractivity contribution in [2.75, 3.05) is 11.5 Å². The summed E-state index contributed by atoms with van der Waals surface area (Å²) in [7, 11) is 0. The van der Waals surface area contributed by atoms with Crippen LogP contribution in [-0.2, 0) is 0 Å². The predicted molar refractivity (Wildman–Crippen MR) is 60.5 cm³/mol. The summed E-state index contributed by atoms with van der Waals surface area (Å²) in [5.41, 5.74) is 7.26. The lowest BCUT2D eigenvalue weighted by Crippen LogP contribution is -2.08. The van der Waals surface area contributed by atoms with E-state index in [1.807, 2.05) is 0 Å². The van der Waals surface area contributed by atoms with E-state index in [0.717, 1.165) is 12.1 Å². The SMILES string of the molecule is Nc1ccc(F)c(N)c1-c1c(F)c(F)c(F)c(F)c1F. The molecule has 0 aliphatic carbocycles. The Labute approximate surface area is 108 Å². The van der Waals surface area contributed by atoms with Crippen LogP contribution < -0.4 is 11.5 Å². The van der Waals surface area contributed by atoms with Gasteiger partial charge in [0, 0.05) is 11.3 Å². The van der Waals surface area contributed by atoms with E-state index in [0.29, 0.717) is 0 Å². The fourth-order valence-corrected chi connectivity index (χ4v) is 1.71. The summed E-state index contributed by atoms with van der Waals surface area (Å²) < 4.78 is 79.7. The van der Waals surface area contributed by atoms with Gasteiger partial charge < -0.3 is 11.5 Å². The van der Waals surface area contributed by atoms with E-state index in [2.05, 4.69) is 0 Å². The van der Waals surface area contributed by atoms with E-state index >= 15 is 0 Å². The molecule has 4 N–H and O–H groups in total. The van der Waals surface area contributed by atoms with Crippen molar-refractivity contribution in [1.82, 2.24) is 0 Å². The Morgan fingerprint density at radius 2 is 1.05 bits per heavy atom. The molecule has 0 amide bonds. The van der Waals surface area contributed by atoms with Crippen molar-refractivity contribution in [3.63, 3.8) is 0 Å². The van der Waals surface area contributed by atoms with Crippen LogP contribution in [-0.4, -0.2) is 0 Å². The van der Waals surface area contributed by atoms with Crippen molar-refractivity contribution in [3.8, 4) is 11.1 Å². The molecule has 0 aromatic heterocycles. The van der Waals surface area contributed by atoms with Crippen LogP contribution in [0.2, 0.25) is 0 Å². The van der Waals surface area contributed by atoms with E-state index in [1.54, 1.807) is 0 Å². The number of benzene rings is 2. The van der Waals surface area contributed by atoms with Crippen molar-refractivity contribution in [2.24, 2.45) is 0 Å². The van der Waals surface area contributed by atoms with Crippen molar-refractivity contribution in [3.05, 3.63) is 47.0 Å². The maximum Gasteiger partial charge on any atom is 0.200 e. The lowest BCUT2D eigenvalue weighted by molar-refractivity contribution is 0.381. The fraction of sp³-hybridized carbons (Fsp3) is 0. The molecule has 0 saturated heterocycles. The van der Waals surface area contributed by atoms with Gasteiger partial charge in [-0.3, -0.25) is 0 Å². The third-order valence-corrected chi connectivity index (χ3v) is 2.68. The van der Waals surface area contributed by atoms with E-state index in [4.69, 9.17) is 11.5 Å². The molecule has 2 aromatic carbocycles. The van der Waals surface area contributed by atoms with Crippen LogP contribution >= 0.6 is 0 Å². The second kappa shape index (κ2) is 4.62. The molecule has 0 unspecified atom stereocenters. The second-order valence-corrected chi connectivity index (χ2v) is 3.87. The highest BCUT2D eigenvalue weighted by Gasteiger charge is 2.29. The van der Waals surface area contributed by atoms with E-state index < -0.39 is 57.4 Å². The number of anilines is 2. The summed E-state index contributed by atoms with van der Waals surface area (Å²) in [5.74, 6) is -12.0. The molecule has 2 aromatic rings. The van der Waals surface area contributed by atoms with Crippen molar-refractivity contribution < 1.29 is 26.3 Å². The molecular weight excluding hydrogens is 286 g/mol. The van der Waals surface area contributed by atoms with Crippen LogP contribution in [0, 0.1) is 34.9 Å². The van der Waals surface area contributed by atoms with Crippen molar-refractivity contribution in [1.29, 1.82) is 0 Å². The summed E-state index contributed by atoms with van der Waals surface area (Å²) in [4.78, 5) is 0. The molecule has 0 aliphatic heterocycles. The quantitative estimate of drug-likeness (QED) is 0.366. The Kier molecular flexibility index (Phi) is 3.24. The largest absolute Gasteiger partial charge is 0.398 e. The number of nitrogens with two attached hydrogens (primary N) is 2. The molecule has 0 saturated carbocycles. The molecule has 0 aliphatic rings. The van der Waals surface area contributed by atoms with Crippen LogP contribution in [0.25, 0.3) is 11.1 Å².